The van der Waals surface area contributed by atoms with Gasteiger partial charge in [-0.15, -0.1) is 0 Å². The number of aryl methyl sites for hydroxylation is 1. The molecule has 0 bridgehead atoms. The van der Waals surface area contributed by atoms with Crippen molar-refractivity contribution >= 4 is 6.03 Å². The van der Waals surface area contributed by atoms with E-state index in [0.717, 1.165) is 11.3 Å². The van der Waals surface area contributed by atoms with Crippen LogP contribution < -0.4 is 15.4 Å². The Bertz CT molecular complexity index is 696. The fourth-order valence-corrected chi connectivity index (χ4v) is 2.82. The Kier molecular flexibility index (Phi) is 5.85. The molecule has 0 unspecified atom stereocenters. The van der Waals surface area contributed by atoms with E-state index >= 15 is 0 Å². The molecule has 0 aromatic heterocycles. The number of carbonyl (C=O) groups is 1. The molecular weight excluding hydrogens is 300 g/mol. The summed E-state index contributed by atoms with van der Waals surface area (Å²) in [4.78, 5) is 12.1. The van der Waals surface area contributed by atoms with Gasteiger partial charge >= 0.3 is 6.03 Å². The van der Waals surface area contributed by atoms with Crippen molar-refractivity contribution in [2.24, 2.45) is 0 Å². The molecule has 0 radical (unpaired) electrons. The lowest BCUT2D eigenvalue weighted by Gasteiger charge is -2.27. The summed E-state index contributed by atoms with van der Waals surface area (Å²) in [6.07, 6.45) is 0. The zero-order valence-corrected chi connectivity index (χ0v) is 14.8. The summed E-state index contributed by atoms with van der Waals surface area (Å²) in [5.74, 6) is 0.776. The molecule has 2 aromatic rings. The van der Waals surface area contributed by atoms with E-state index < -0.39 is 0 Å². The van der Waals surface area contributed by atoms with Crippen LogP contribution in [0.1, 0.15) is 30.5 Å². The number of ether oxygens (including phenoxy) is 1. The first-order valence-corrected chi connectivity index (χ1v) is 8.14. The number of nitrogens with one attached hydrogen (secondary N) is 2. The normalized spacial score (nSPS) is 11.0. The molecule has 0 spiro atoms. The monoisotopic (exact) mass is 326 g/mol. The van der Waals surface area contributed by atoms with Crippen molar-refractivity contribution < 1.29 is 9.53 Å². The highest BCUT2D eigenvalue weighted by Gasteiger charge is 2.22. The van der Waals surface area contributed by atoms with Crippen LogP contribution in [0.3, 0.4) is 0 Å². The van der Waals surface area contributed by atoms with Crippen LogP contribution in [0.5, 0.6) is 5.75 Å². The summed E-state index contributed by atoms with van der Waals surface area (Å²) in [7, 11) is 1.63. The van der Waals surface area contributed by atoms with Gasteiger partial charge in [0, 0.05) is 24.1 Å². The topological polar surface area (TPSA) is 50.4 Å². The van der Waals surface area contributed by atoms with Crippen molar-refractivity contribution in [3.63, 3.8) is 0 Å². The van der Waals surface area contributed by atoms with Crippen LogP contribution in [-0.4, -0.2) is 19.7 Å². The van der Waals surface area contributed by atoms with Crippen LogP contribution in [0.25, 0.3) is 0 Å². The molecule has 0 aliphatic carbocycles. The predicted octanol–water partition coefficient (Wildman–Crippen LogP) is 3.78. The largest absolute Gasteiger partial charge is 0.496 e. The minimum absolute atomic E-state index is 0.132. The molecule has 0 fully saturated rings. The minimum atomic E-state index is -0.178. The third-order valence-electron chi connectivity index (χ3n) is 4.20. The average molecular weight is 326 g/mol. The number of hydrogen-bond donors (Lipinski definition) is 2. The van der Waals surface area contributed by atoms with Crippen LogP contribution in [0.15, 0.2) is 48.5 Å². The van der Waals surface area contributed by atoms with E-state index in [1.54, 1.807) is 7.11 Å². The van der Waals surface area contributed by atoms with Crippen molar-refractivity contribution in [1.82, 2.24) is 10.6 Å². The van der Waals surface area contributed by atoms with Crippen LogP contribution in [0, 0.1) is 6.92 Å². The summed E-state index contributed by atoms with van der Waals surface area (Å²) in [6.45, 7) is 7.36. The molecule has 0 saturated heterocycles. The fourth-order valence-electron chi connectivity index (χ4n) is 2.82. The lowest BCUT2D eigenvalue weighted by atomic mass is 9.82. The van der Waals surface area contributed by atoms with Gasteiger partial charge in [-0.3, -0.25) is 0 Å². The highest BCUT2D eigenvalue weighted by molar-refractivity contribution is 5.74. The molecule has 4 heteroatoms. The van der Waals surface area contributed by atoms with E-state index in [4.69, 9.17) is 4.74 Å². The highest BCUT2D eigenvalue weighted by atomic mass is 16.5. The van der Waals surface area contributed by atoms with Gasteiger partial charge in [0.1, 0.15) is 5.75 Å². The van der Waals surface area contributed by atoms with E-state index in [1.165, 1.54) is 11.1 Å². The summed E-state index contributed by atoms with van der Waals surface area (Å²) in [5, 5.41) is 5.85. The number of hydrogen-bond acceptors (Lipinski definition) is 2. The van der Waals surface area contributed by atoms with Crippen molar-refractivity contribution in [2.45, 2.75) is 32.7 Å². The van der Waals surface area contributed by atoms with E-state index in [1.807, 2.05) is 36.4 Å². The predicted molar refractivity (Wildman–Crippen MR) is 97.4 cm³/mol. The SMILES string of the molecule is COc1ccccc1CNC(=O)NCC(C)(C)c1ccccc1C. The molecule has 0 atom stereocenters. The summed E-state index contributed by atoms with van der Waals surface area (Å²) < 4.78 is 5.29. The van der Waals surface area contributed by atoms with Gasteiger partial charge in [0.05, 0.1) is 7.11 Å². The molecule has 0 saturated carbocycles. The number of benzene rings is 2. The van der Waals surface area contributed by atoms with Crippen LogP contribution in [0.2, 0.25) is 0 Å². The number of urea groups is 1. The number of para-hydroxylation sites is 1. The zero-order valence-electron chi connectivity index (χ0n) is 14.8. The highest BCUT2D eigenvalue weighted by Crippen LogP contribution is 2.25. The van der Waals surface area contributed by atoms with E-state index in [0.29, 0.717) is 13.1 Å². The first-order chi connectivity index (χ1) is 11.4. The van der Waals surface area contributed by atoms with Gasteiger partial charge in [-0.1, -0.05) is 56.3 Å². The zero-order chi connectivity index (χ0) is 17.6. The number of carbonyl (C=O) groups excluding carboxylic acids is 1. The summed E-state index contributed by atoms with van der Waals surface area (Å²) in [5.41, 5.74) is 3.30. The molecule has 2 amide bonds. The molecule has 0 aliphatic heterocycles. The molecular formula is C20H26N2O2. The quantitative estimate of drug-likeness (QED) is 0.849. The second kappa shape index (κ2) is 7.86. The lowest BCUT2D eigenvalue weighted by Crippen LogP contribution is -2.42. The Morgan fingerprint density at radius 3 is 2.42 bits per heavy atom. The Morgan fingerprint density at radius 2 is 1.71 bits per heavy atom. The second-order valence-electron chi connectivity index (χ2n) is 6.55. The van der Waals surface area contributed by atoms with Gasteiger partial charge in [0.25, 0.3) is 0 Å². The third kappa shape index (κ3) is 4.51. The average Bonchev–Trinajstić information content (AvgIpc) is 2.58. The fraction of sp³-hybridized carbons (Fsp3) is 0.350. The van der Waals surface area contributed by atoms with Crippen LogP contribution in [0.4, 0.5) is 4.79 Å². The Labute approximate surface area is 144 Å². The van der Waals surface area contributed by atoms with Gasteiger partial charge in [-0.2, -0.15) is 0 Å². The molecule has 2 rings (SSSR count). The number of rotatable bonds is 6. The third-order valence-corrected chi connectivity index (χ3v) is 4.20. The summed E-state index contributed by atoms with van der Waals surface area (Å²) >= 11 is 0. The molecule has 24 heavy (non-hydrogen) atoms. The minimum Gasteiger partial charge on any atom is -0.496 e. The standard InChI is InChI=1S/C20H26N2O2/c1-15-9-5-7-11-17(15)20(2,3)14-22-19(23)21-13-16-10-6-8-12-18(16)24-4/h5-12H,13-14H2,1-4H3,(H2,21,22,23). The molecule has 0 heterocycles. The Balaban J connectivity index is 1.90. The van der Waals surface area contributed by atoms with Gasteiger partial charge < -0.3 is 15.4 Å². The van der Waals surface area contributed by atoms with Gasteiger partial charge in [-0.05, 0) is 24.1 Å². The van der Waals surface area contributed by atoms with E-state index in [2.05, 4.69) is 43.5 Å². The maximum Gasteiger partial charge on any atom is 0.315 e. The maximum atomic E-state index is 12.1. The Hall–Kier alpha value is -2.49. The van der Waals surface area contributed by atoms with Gasteiger partial charge in [0.15, 0.2) is 0 Å². The first-order valence-electron chi connectivity index (χ1n) is 8.14. The van der Waals surface area contributed by atoms with Gasteiger partial charge in [0.2, 0.25) is 0 Å². The number of amides is 2. The van der Waals surface area contributed by atoms with Gasteiger partial charge in [-0.25, -0.2) is 4.79 Å². The van der Waals surface area contributed by atoms with Crippen LogP contribution in [-0.2, 0) is 12.0 Å². The smallest absolute Gasteiger partial charge is 0.315 e. The maximum absolute atomic E-state index is 12.1. The van der Waals surface area contributed by atoms with Crippen LogP contribution >= 0.6 is 0 Å². The molecule has 4 nitrogen and oxygen atoms in total. The second-order valence-corrected chi connectivity index (χ2v) is 6.55. The van der Waals surface area contributed by atoms with E-state index in [9.17, 15) is 4.79 Å². The molecule has 128 valence electrons. The lowest BCUT2D eigenvalue weighted by molar-refractivity contribution is 0.238. The van der Waals surface area contributed by atoms with Crippen molar-refractivity contribution in [2.75, 3.05) is 13.7 Å². The van der Waals surface area contributed by atoms with Crippen molar-refractivity contribution in [1.29, 1.82) is 0 Å². The van der Waals surface area contributed by atoms with E-state index in [-0.39, 0.29) is 11.4 Å². The van der Waals surface area contributed by atoms with Crippen molar-refractivity contribution in [3.8, 4) is 5.75 Å². The first kappa shape index (κ1) is 17.9. The molecule has 2 N–H and O–H groups in total. The Morgan fingerprint density at radius 1 is 1.04 bits per heavy atom. The molecule has 2 aromatic carbocycles. The summed E-state index contributed by atoms with van der Waals surface area (Å²) in [6, 6.07) is 15.8. The number of methoxy groups -OCH3 is 1. The molecule has 0 aliphatic rings. The van der Waals surface area contributed by atoms with Crippen molar-refractivity contribution in [3.05, 3.63) is 65.2 Å².